The third kappa shape index (κ3) is 4.27. The van der Waals surface area contributed by atoms with Crippen LogP contribution in [0.3, 0.4) is 0 Å². The summed E-state index contributed by atoms with van der Waals surface area (Å²) in [4.78, 5) is 13.3. The summed E-state index contributed by atoms with van der Waals surface area (Å²) < 4.78 is 0. The molecule has 0 saturated carbocycles. The van der Waals surface area contributed by atoms with Crippen LogP contribution in [0.2, 0.25) is 0 Å². The molecule has 0 aromatic heterocycles. The lowest BCUT2D eigenvalue weighted by atomic mass is 9.79. The van der Waals surface area contributed by atoms with E-state index in [1.54, 1.807) is 19.0 Å². The maximum absolute atomic E-state index is 11.7. The molecular formula is C10H22N2O. The van der Waals surface area contributed by atoms with Crippen molar-refractivity contribution in [3.63, 3.8) is 0 Å². The predicted molar refractivity (Wildman–Crippen MR) is 55.4 cm³/mol. The van der Waals surface area contributed by atoms with E-state index in [4.69, 9.17) is 5.73 Å². The van der Waals surface area contributed by atoms with Crippen LogP contribution in [-0.4, -0.2) is 30.4 Å². The minimum Gasteiger partial charge on any atom is -0.348 e. The number of nitrogens with two attached hydrogens (primary N) is 1. The average molecular weight is 186 g/mol. The molecule has 0 rings (SSSR count). The second-order valence-electron chi connectivity index (χ2n) is 5.25. The lowest BCUT2D eigenvalue weighted by Crippen LogP contribution is -2.44. The molecule has 0 aliphatic rings. The van der Waals surface area contributed by atoms with E-state index in [9.17, 15) is 4.79 Å². The fourth-order valence-electron chi connectivity index (χ4n) is 1.82. The zero-order valence-electron chi connectivity index (χ0n) is 9.64. The van der Waals surface area contributed by atoms with Gasteiger partial charge in [-0.05, 0) is 20.3 Å². The van der Waals surface area contributed by atoms with Crippen LogP contribution in [0.1, 0.15) is 34.1 Å². The molecule has 3 heteroatoms. The van der Waals surface area contributed by atoms with Crippen LogP contribution in [0.25, 0.3) is 0 Å². The van der Waals surface area contributed by atoms with Crippen molar-refractivity contribution in [2.75, 3.05) is 14.1 Å². The summed E-state index contributed by atoms with van der Waals surface area (Å²) in [7, 11) is 3.54. The molecule has 0 radical (unpaired) electrons. The highest BCUT2D eigenvalue weighted by Gasteiger charge is 2.33. The number of carbonyl (C=O) groups excluding carboxylic acids is 1. The monoisotopic (exact) mass is 186 g/mol. The molecular weight excluding hydrogens is 164 g/mol. The number of hydrogen-bond acceptors (Lipinski definition) is 2. The largest absolute Gasteiger partial charge is 0.348 e. The highest BCUT2D eigenvalue weighted by molar-refractivity contribution is 5.81. The van der Waals surface area contributed by atoms with Crippen molar-refractivity contribution < 1.29 is 4.79 Å². The summed E-state index contributed by atoms with van der Waals surface area (Å²) in [6, 6.07) is 0. The van der Waals surface area contributed by atoms with E-state index < -0.39 is 0 Å². The molecule has 0 aliphatic carbocycles. The highest BCUT2D eigenvalue weighted by Crippen LogP contribution is 2.27. The Morgan fingerprint density at radius 2 is 1.62 bits per heavy atom. The molecule has 0 spiro atoms. The van der Waals surface area contributed by atoms with Crippen molar-refractivity contribution in [3.8, 4) is 0 Å². The summed E-state index contributed by atoms with van der Waals surface area (Å²) in [5, 5.41) is 0. The smallest absolute Gasteiger partial charge is 0.227 e. The van der Waals surface area contributed by atoms with Gasteiger partial charge in [0.05, 0.1) is 0 Å². The first-order valence-electron chi connectivity index (χ1n) is 4.57. The quantitative estimate of drug-likeness (QED) is 0.720. The first-order valence-corrected chi connectivity index (χ1v) is 4.57. The van der Waals surface area contributed by atoms with E-state index in [1.807, 2.05) is 27.7 Å². The number of nitrogens with zero attached hydrogens (tertiary/aromatic N) is 1. The maximum atomic E-state index is 11.7. The molecule has 2 N–H and O–H groups in total. The van der Waals surface area contributed by atoms with Crippen LogP contribution >= 0.6 is 0 Å². The van der Waals surface area contributed by atoms with E-state index in [0.717, 1.165) is 0 Å². The maximum Gasteiger partial charge on any atom is 0.227 e. The zero-order valence-corrected chi connectivity index (χ0v) is 9.64. The highest BCUT2D eigenvalue weighted by atomic mass is 16.2. The van der Waals surface area contributed by atoms with Crippen LogP contribution in [-0.2, 0) is 4.79 Å². The van der Waals surface area contributed by atoms with Crippen LogP contribution in [0, 0.1) is 5.41 Å². The lowest BCUT2D eigenvalue weighted by Gasteiger charge is -2.33. The molecule has 78 valence electrons. The van der Waals surface area contributed by atoms with Crippen molar-refractivity contribution in [3.05, 3.63) is 0 Å². The molecule has 13 heavy (non-hydrogen) atoms. The summed E-state index contributed by atoms with van der Waals surface area (Å²) in [5.41, 5.74) is 5.22. The summed E-state index contributed by atoms with van der Waals surface area (Å²) in [5.74, 6) is 0.131. The molecule has 0 aromatic carbocycles. The minimum absolute atomic E-state index is 0.131. The Morgan fingerprint density at radius 1 is 1.23 bits per heavy atom. The first kappa shape index (κ1) is 12.4. The molecule has 0 aromatic rings. The van der Waals surface area contributed by atoms with Gasteiger partial charge in [-0.1, -0.05) is 13.8 Å². The molecule has 0 bridgehead atoms. The third-order valence-electron chi connectivity index (χ3n) is 1.88. The van der Waals surface area contributed by atoms with Gasteiger partial charge in [0.15, 0.2) is 0 Å². The van der Waals surface area contributed by atoms with Gasteiger partial charge >= 0.3 is 0 Å². The second-order valence-corrected chi connectivity index (χ2v) is 5.25. The Kier molecular flexibility index (Phi) is 3.50. The third-order valence-corrected chi connectivity index (χ3v) is 1.88. The van der Waals surface area contributed by atoms with E-state index in [0.29, 0.717) is 6.42 Å². The number of hydrogen-bond donors (Lipinski definition) is 1. The standard InChI is InChI=1S/C10H22N2O/c1-9(2,7-10(3,4)11)8(13)12(5)6/h7,11H2,1-6H3. The molecule has 0 atom stereocenters. The Balaban J connectivity index is 4.49. The molecule has 0 fully saturated rings. The van der Waals surface area contributed by atoms with Crippen LogP contribution in [0.15, 0.2) is 0 Å². The summed E-state index contributed by atoms with van der Waals surface area (Å²) >= 11 is 0. The van der Waals surface area contributed by atoms with Gasteiger partial charge < -0.3 is 10.6 Å². The minimum atomic E-state index is -0.373. The molecule has 3 nitrogen and oxygen atoms in total. The van der Waals surface area contributed by atoms with Gasteiger partial charge in [0.25, 0.3) is 0 Å². The van der Waals surface area contributed by atoms with E-state index in [2.05, 4.69) is 0 Å². The van der Waals surface area contributed by atoms with Crippen molar-refractivity contribution in [2.45, 2.75) is 39.7 Å². The van der Waals surface area contributed by atoms with Crippen LogP contribution < -0.4 is 5.73 Å². The summed E-state index contributed by atoms with van der Waals surface area (Å²) in [6.45, 7) is 7.75. The number of amides is 1. The Bertz CT molecular complexity index is 190. The van der Waals surface area contributed by atoms with Gasteiger partial charge in [-0.15, -0.1) is 0 Å². The van der Waals surface area contributed by atoms with Crippen molar-refractivity contribution in [1.29, 1.82) is 0 Å². The predicted octanol–water partition coefficient (Wildman–Crippen LogP) is 1.23. The fourth-order valence-corrected chi connectivity index (χ4v) is 1.82. The first-order chi connectivity index (χ1) is 5.56. The van der Waals surface area contributed by atoms with Crippen LogP contribution in [0.5, 0.6) is 0 Å². The van der Waals surface area contributed by atoms with Gasteiger partial charge in [-0.2, -0.15) is 0 Å². The Hall–Kier alpha value is -0.570. The molecule has 0 heterocycles. The van der Waals surface area contributed by atoms with Gasteiger partial charge in [0.1, 0.15) is 0 Å². The van der Waals surface area contributed by atoms with Gasteiger partial charge in [-0.3, -0.25) is 4.79 Å². The fraction of sp³-hybridized carbons (Fsp3) is 0.900. The molecule has 1 amide bonds. The van der Waals surface area contributed by atoms with Gasteiger partial charge in [-0.25, -0.2) is 0 Å². The van der Waals surface area contributed by atoms with Gasteiger partial charge in [0, 0.05) is 25.0 Å². The summed E-state index contributed by atoms with van der Waals surface area (Å²) in [6.07, 6.45) is 0.691. The Morgan fingerprint density at radius 3 is 1.85 bits per heavy atom. The average Bonchev–Trinajstić information content (AvgIpc) is 1.80. The molecule has 0 aliphatic heterocycles. The molecule has 0 saturated heterocycles. The van der Waals surface area contributed by atoms with Crippen molar-refractivity contribution in [1.82, 2.24) is 4.90 Å². The topological polar surface area (TPSA) is 46.3 Å². The molecule has 0 unspecified atom stereocenters. The second kappa shape index (κ2) is 3.66. The Labute approximate surface area is 81.3 Å². The van der Waals surface area contributed by atoms with Crippen molar-refractivity contribution >= 4 is 5.91 Å². The number of carbonyl (C=O) groups is 1. The van der Waals surface area contributed by atoms with E-state index in [-0.39, 0.29) is 16.9 Å². The normalized spacial score (nSPS) is 12.8. The number of rotatable bonds is 3. The van der Waals surface area contributed by atoms with Gasteiger partial charge in [0.2, 0.25) is 5.91 Å². The van der Waals surface area contributed by atoms with Crippen molar-refractivity contribution in [2.24, 2.45) is 11.1 Å². The van der Waals surface area contributed by atoms with E-state index in [1.165, 1.54) is 0 Å². The van der Waals surface area contributed by atoms with Crippen LogP contribution in [0.4, 0.5) is 0 Å². The lowest BCUT2D eigenvalue weighted by molar-refractivity contribution is -0.138. The SMILES string of the molecule is CN(C)C(=O)C(C)(C)CC(C)(C)N. The zero-order chi connectivity index (χ0) is 10.9. The van der Waals surface area contributed by atoms with E-state index >= 15 is 0 Å².